The number of benzene rings is 3. The third kappa shape index (κ3) is 6.80. The highest BCUT2D eigenvalue weighted by Gasteiger charge is 2.37. The van der Waals surface area contributed by atoms with Gasteiger partial charge in [0.2, 0.25) is 0 Å². The van der Waals surface area contributed by atoms with Gasteiger partial charge >= 0.3 is 11.8 Å². The van der Waals surface area contributed by atoms with Gasteiger partial charge in [0, 0.05) is 29.7 Å². The molecule has 1 aliphatic heterocycles. The summed E-state index contributed by atoms with van der Waals surface area (Å²) >= 11 is 3.37. The molecule has 1 aliphatic rings. The lowest BCUT2D eigenvalue weighted by Crippen LogP contribution is -2.54. The molecule has 1 N–H and O–H groups in total. The molecule has 10 heteroatoms. The van der Waals surface area contributed by atoms with Crippen LogP contribution in [0, 0.1) is 5.82 Å². The van der Waals surface area contributed by atoms with Gasteiger partial charge in [-0.2, -0.15) is 0 Å². The van der Waals surface area contributed by atoms with Crippen LogP contribution in [0.2, 0.25) is 0 Å². The number of ether oxygens (including phenoxy) is 2. The average molecular weight is 612 g/mol. The summed E-state index contributed by atoms with van der Waals surface area (Å²) in [6.07, 6.45) is 0.530. The maximum absolute atomic E-state index is 14.2. The molecule has 0 saturated carbocycles. The molecule has 3 aromatic rings. The Labute approximate surface area is 241 Å². The number of amides is 3. The first-order chi connectivity index (χ1) is 19.2. The second-order valence-corrected chi connectivity index (χ2v) is 10.4. The molecular formula is C30H31BrFN3O5. The lowest BCUT2D eigenvalue weighted by Gasteiger charge is -2.35. The van der Waals surface area contributed by atoms with Crippen LogP contribution in [0.1, 0.15) is 32.3 Å². The molecule has 1 unspecified atom stereocenters. The van der Waals surface area contributed by atoms with Crippen LogP contribution < -0.4 is 19.7 Å². The number of fused-ring (bicyclic) bond motifs is 1. The Morgan fingerprint density at radius 2 is 1.80 bits per heavy atom. The molecule has 0 saturated heterocycles. The number of halogens is 2. The molecule has 1 atom stereocenters. The molecule has 0 radical (unpaired) electrons. The number of carbonyl (C=O) groups excluding carboxylic acids is 3. The van der Waals surface area contributed by atoms with Gasteiger partial charge in [-0.15, -0.1) is 0 Å². The summed E-state index contributed by atoms with van der Waals surface area (Å²) in [7, 11) is 1.46. The van der Waals surface area contributed by atoms with Crippen LogP contribution in [0.25, 0.3) is 0 Å². The molecule has 3 aromatic carbocycles. The van der Waals surface area contributed by atoms with Crippen LogP contribution in [0.4, 0.5) is 10.1 Å². The van der Waals surface area contributed by atoms with E-state index >= 15 is 0 Å². The van der Waals surface area contributed by atoms with Crippen molar-refractivity contribution in [3.05, 3.63) is 82.6 Å². The Morgan fingerprint density at radius 1 is 1.10 bits per heavy atom. The van der Waals surface area contributed by atoms with Crippen LogP contribution in [-0.4, -0.2) is 48.4 Å². The molecule has 1 heterocycles. The summed E-state index contributed by atoms with van der Waals surface area (Å²) in [5.74, 6) is -1.29. The van der Waals surface area contributed by atoms with Crippen molar-refractivity contribution in [3.8, 4) is 17.2 Å². The van der Waals surface area contributed by atoms with Crippen molar-refractivity contribution in [2.24, 2.45) is 0 Å². The second-order valence-electron chi connectivity index (χ2n) is 9.48. The van der Waals surface area contributed by atoms with Gasteiger partial charge in [-0.05, 0) is 67.4 Å². The monoisotopic (exact) mass is 611 g/mol. The fourth-order valence-corrected chi connectivity index (χ4v) is 4.62. The highest BCUT2D eigenvalue weighted by atomic mass is 79.9. The van der Waals surface area contributed by atoms with Crippen molar-refractivity contribution in [3.63, 3.8) is 0 Å². The summed E-state index contributed by atoms with van der Waals surface area (Å²) in [6, 6.07) is 17.9. The Hall–Kier alpha value is -3.92. The van der Waals surface area contributed by atoms with E-state index < -0.39 is 23.7 Å². The molecule has 0 spiro atoms. The van der Waals surface area contributed by atoms with Crippen molar-refractivity contribution < 1.29 is 28.2 Å². The van der Waals surface area contributed by atoms with Gasteiger partial charge in [0.1, 0.15) is 23.1 Å². The second kappa shape index (κ2) is 13.0. The zero-order valence-electron chi connectivity index (χ0n) is 22.5. The van der Waals surface area contributed by atoms with E-state index in [1.165, 1.54) is 35.0 Å². The highest BCUT2D eigenvalue weighted by Crippen LogP contribution is 2.34. The van der Waals surface area contributed by atoms with Gasteiger partial charge in [-0.3, -0.25) is 19.3 Å². The SMILES string of the molecule is CCC(CC)NC(=O)C1CN(C(=O)C(=O)N(C)Cc2cc(F)ccc2Oc2ccc(Br)cc2)c2ccccc2O1. The summed E-state index contributed by atoms with van der Waals surface area (Å²) in [6.45, 7) is 3.74. The van der Waals surface area contributed by atoms with E-state index in [-0.39, 0.29) is 25.0 Å². The quantitative estimate of drug-likeness (QED) is 0.343. The summed E-state index contributed by atoms with van der Waals surface area (Å²) in [4.78, 5) is 42.3. The number of nitrogens with zero attached hydrogens (tertiary/aromatic N) is 2. The van der Waals surface area contributed by atoms with Gasteiger partial charge in [-0.25, -0.2) is 4.39 Å². The van der Waals surface area contributed by atoms with E-state index in [9.17, 15) is 18.8 Å². The highest BCUT2D eigenvalue weighted by molar-refractivity contribution is 9.10. The molecule has 40 heavy (non-hydrogen) atoms. The number of para-hydroxylation sites is 2. The Bertz CT molecular complexity index is 1380. The average Bonchev–Trinajstić information content (AvgIpc) is 2.96. The standard InChI is InChI=1S/C30H31BrFN3O5/c1-4-22(5-2)33-28(36)27-18-35(24-8-6-7-9-26(24)40-27)30(38)29(37)34(3)17-19-16-21(32)12-15-25(19)39-23-13-10-20(31)11-14-23/h6-16,22,27H,4-5,17-18H2,1-3H3,(H,33,36). The van der Waals surface area contributed by atoms with Crippen LogP contribution in [-0.2, 0) is 20.9 Å². The van der Waals surface area contributed by atoms with Gasteiger partial charge in [-0.1, -0.05) is 41.9 Å². The fourth-order valence-electron chi connectivity index (χ4n) is 4.36. The summed E-state index contributed by atoms with van der Waals surface area (Å²) in [5.41, 5.74) is 0.780. The molecule has 4 rings (SSSR count). The molecule has 3 amide bonds. The van der Waals surface area contributed by atoms with Crippen molar-refractivity contribution in [2.45, 2.75) is 45.4 Å². The van der Waals surface area contributed by atoms with Crippen molar-refractivity contribution in [2.75, 3.05) is 18.5 Å². The predicted molar refractivity (Wildman–Crippen MR) is 153 cm³/mol. The number of nitrogens with one attached hydrogen (secondary N) is 1. The minimum Gasteiger partial charge on any atom is -0.477 e. The zero-order valence-corrected chi connectivity index (χ0v) is 24.1. The normalized spacial score (nSPS) is 14.2. The Kier molecular flexibility index (Phi) is 9.42. The van der Waals surface area contributed by atoms with E-state index in [0.717, 1.165) is 17.3 Å². The van der Waals surface area contributed by atoms with E-state index in [1.807, 2.05) is 26.0 Å². The van der Waals surface area contributed by atoms with Gasteiger partial charge in [0.25, 0.3) is 5.91 Å². The third-order valence-corrected chi connectivity index (χ3v) is 7.17. The third-order valence-electron chi connectivity index (χ3n) is 6.64. The van der Waals surface area contributed by atoms with Crippen molar-refractivity contribution >= 4 is 39.3 Å². The molecular weight excluding hydrogens is 581 g/mol. The van der Waals surface area contributed by atoms with E-state index in [4.69, 9.17) is 9.47 Å². The minimum atomic E-state index is -0.980. The molecule has 210 valence electrons. The maximum atomic E-state index is 14.2. The van der Waals surface area contributed by atoms with Crippen LogP contribution in [0.5, 0.6) is 17.2 Å². The van der Waals surface area contributed by atoms with Crippen molar-refractivity contribution in [1.82, 2.24) is 10.2 Å². The number of hydrogen-bond acceptors (Lipinski definition) is 5. The first-order valence-electron chi connectivity index (χ1n) is 13.0. The fraction of sp³-hybridized carbons (Fsp3) is 0.300. The number of hydrogen-bond donors (Lipinski definition) is 1. The van der Waals surface area contributed by atoms with E-state index in [2.05, 4.69) is 21.2 Å². The van der Waals surface area contributed by atoms with Gasteiger partial charge in [0.15, 0.2) is 6.10 Å². The lowest BCUT2D eigenvalue weighted by atomic mass is 10.1. The Balaban J connectivity index is 1.52. The van der Waals surface area contributed by atoms with Crippen LogP contribution in [0.15, 0.2) is 71.2 Å². The predicted octanol–water partition coefficient (Wildman–Crippen LogP) is 5.44. The van der Waals surface area contributed by atoms with Crippen molar-refractivity contribution in [1.29, 1.82) is 0 Å². The van der Waals surface area contributed by atoms with Crippen LogP contribution >= 0.6 is 15.9 Å². The smallest absolute Gasteiger partial charge is 0.316 e. The first-order valence-corrected chi connectivity index (χ1v) is 13.8. The topological polar surface area (TPSA) is 88.2 Å². The number of carbonyl (C=O) groups is 3. The molecule has 0 bridgehead atoms. The summed E-state index contributed by atoms with van der Waals surface area (Å²) in [5, 5.41) is 2.95. The molecule has 0 aromatic heterocycles. The molecule has 0 fully saturated rings. The zero-order chi connectivity index (χ0) is 28.8. The Morgan fingerprint density at radius 3 is 2.50 bits per heavy atom. The molecule has 0 aliphatic carbocycles. The van der Waals surface area contributed by atoms with E-state index in [0.29, 0.717) is 28.5 Å². The van der Waals surface area contributed by atoms with Gasteiger partial charge in [0.05, 0.1) is 12.2 Å². The largest absolute Gasteiger partial charge is 0.477 e. The first kappa shape index (κ1) is 29.1. The number of anilines is 1. The minimum absolute atomic E-state index is 0.0229. The summed E-state index contributed by atoms with van der Waals surface area (Å²) < 4.78 is 26.9. The molecule has 8 nitrogen and oxygen atoms in total. The van der Waals surface area contributed by atoms with Gasteiger partial charge < -0.3 is 19.7 Å². The number of rotatable bonds is 8. The van der Waals surface area contributed by atoms with Crippen LogP contribution in [0.3, 0.4) is 0 Å². The van der Waals surface area contributed by atoms with E-state index in [1.54, 1.807) is 36.4 Å². The number of likely N-dealkylation sites (N-methyl/N-ethyl adjacent to an activating group) is 1. The lowest BCUT2D eigenvalue weighted by molar-refractivity contribution is -0.144. The maximum Gasteiger partial charge on any atom is 0.316 e.